The molecule has 2 aliphatic rings. The summed E-state index contributed by atoms with van der Waals surface area (Å²) in [5.41, 5.74) is -0.0597. The van der Waals surface area contributed by atoms with Crippen LogP contribution in [0.1, 0.15) is 61.7 Å². The first-order chi connectivity index (χ1) is 12.7. The lowest BCUT2D eigenvalue weighted by molar-refractivity contribution is 0.0866. The average Bonchev–Trinajstić information content (AvgIpc) is 3.34. The molecule has 0 bridgehead atoms. The molecule has 4 rings (SSSR count). The van der Waals surface area contributed by atoms with Gasteiger partial charge in [0.15, 0.2) is 0 Å². The van der Waals surface area contributed by atoms with Crippen LogP contribution in [-0.4, -0.2) is 17.7 Å². The van der Waals surface area contributed by atoms with Crippen molar-refractivity contribution in [3.63, 3.8) is 0 Å². The van der Waals surface area contributed by atoms with Gasteiger partial charge in [0.05, 0.1) is 12.2 Å². The largest absolute Gasteiger partial charge is 0.402 e. The Balaban J connectivity index is 1.69. The van der Waals surface area contributed by atoms with Crippen LogP contribution in [0.4, 0.5) is 0 Å². The van der Waals surface area contributed by atoms with Crippen LogP contribution in [0.2, 0.25) is 0 Å². The second kappa shape index (κ2) is 7.64. The van der Waals surface area contributed by atoms with E-state index in [0.717, 1.165) is 62.1 Å². The fourth-order valence-corrected chi connectivity index (χ4v) is 6.00. The second-order valence-corrected chi connectivity index (χ2v) is 9.18. The number of rotatable bonds is 6. The molecule has 26 heavy (non-hydrogen) atoms. The molecule has 0 atom stereocenters. The summed E-state index contributed by atoms with van der Waals surface area (Å²) in [7, 11) is -3.87. The van der Waals surface area contributed by atoms with E-state index >= 15 is 0 Å². The van der Waals surface area contributed by atoms with Crippen molar-refractivity contribution in [1.29, 1.82) is 0 Å². The van der Waals surface area contributed by atoms with Gasteiger partial charge in [0, 0.05) is 5.56 Å². The van der Waals surface area contributed by atoms with Gasteiger partial charge in [-0.25, -0.2) is 0 Å². The summed E-state index contributed by atoms with van der Waals surface area (Å²) in [6.45, 7) is 0. The number of fused-ring (bicyclic) bond motifs is 1. The minimum atomic E-state index is -3.87. The van der Waals surface area contributed by atoms with Crippen LogP contribution in [0.5, 0.6) is 0 Å². The normalized spacial score (nSPS) is 19.4. The molecule has 0 unspecified atom stereocenters. The molecule has 0 aliphatic heterocycles. The van der Waals surface area contributed by atoms with Crippen LogP contribution in [-0.2, 0) is 13.6 Å². The van der Waals surface area contributed by atoms with Crippen molar-refractivity contribution in [2.45, 2.75) is 63.6 Å². The SMILES string of the molecule is O=C(c1cccc2ccccc12)P(=O)(OC1CCCC1)OC1CCCC1. The van der Waals surface area contributed by atoms with Gasteiger partial charge >= 0.3 is 7.60 Å². The highest BCUT2D eigenvalue weighted by atomic mass is 31.2. The van der Waals surface area contributed by atoms with Gasteiger partial charge < -0.3 is 0 Å². The zero-order chi connectivity index (χ0) is 18.0. The van der Waals surface area contributed by atoms with E-state index < -0.39 is 13.1 Å². The van der Waals surface area contributed by atoms with Gasteiger partial charge in [0.2, 0.25) is 0 Å². The van der Waals surface area contributed by atoms with E-state index in [-0.39, 0.29) is 12.2 Å². The third kappa shape index (κ3) is 3.64. The van der Waals surface area contributed by atoms with Crippen molar-refractivity contribution >= 4 is 23.9 Å². The Kier molecular flexibility index (Phi) is 5.26. The maximum atomic E-state index is 13.7. The number of carbonyl (C=O) groups excluding carboxylic acids is 1. The smallest absolute Gasteiger partial charge is 0.300 e. The van der Waals surface area contributed by atoms with Crippen LogP contribution in [0.3, 0.4) is 0 Å². The predicted octanol–water partition coefficient (Wildman–Crippen LogP) is 6.09. The van der Waals surface area contributed by atoms with Crippen molar-refractivity contribution in [1.82, 2.24) is 0 Å². The van der Waals surface area contributed by atoms with Gasteiger partial charge in [-0.2, -0.15) is 0 Å². The Labute approximate surface area is 154 Å². The van der Waals surface area contributed by atoms with E-state index in [9.17, 15) is 9.36 Å². The predicted molar refractivity (Wildman–Crippen MR) is 103 cm³/mol. The maximum absolute atomic E-state index is 13.7. The zero-order valence-electron chi connectivity index (χ0n) is 14.9. The van der Waals surface area contributed by atoms with Gasteiger partial charge in [-0.15, -0.1) is 0 Å². The fourth-order valence-electron chi connectivity index (χ4n) is 4.06. The summed E-state index contributed by atoms with van der Waals surface area (Å²) in [4.78, 5) is 13.3. The number of hydrogen-bond donors (Lipinski definition) is 0. The van der Waals surface area contributed by atoms with E-state index in [1.54, 1.807) is 6.07 Å². The lowest BCUT2D eigenvalue weighted by Crippen LogP contribution is -2.17. The topological polar surface area (TPSA) is 52.6 Å². The number of carbonyl (C=O) groups is 1. The Morgan fingerprint density at radius 2 is 1.35 bits per heavy atom. The lowest BCUT2D eigenvalue weighted by atomic mass is 10.1. The molecule has 2 aliphatic carbocycles. The first kappa shape index (κ1) is 17.9. The highest BCUT2D eigenvalue weighted by molar-refractivity contribution is 7.72. The third-order valence-corrected chi connectivity index (χ3v) is 7.34. The highest BCUT2D eigenvalue weighted by Crippen LogP contribution is 2.56. The fraction of sp³-hybridized carbons (Fsp3) is 0.476. The quantitative estimate of drug-likeness (QED) is 0.576. The average molecular weight is 372 g/mol. The lowest BCUT2D eigenvalue weighted by Gasteiger charge is -2.24. The molecule has 0 aromatic heterocycles. The number of hydrogen-bond acceptors (Lipinski definition) is 4. The Morgan fingerprint density at radius 3 is 1.96 bits per heavy atom. The maximum Gasteiger partial charge on any atom is 0.402 e. The van der Waals surface area contributed by atoms with Crippen molar-refractivity contribution in [3.8, 4) is 0 Å². The van der Waals surface area contributed by atoms with E-state index in [4.69, 9.17) is 9.05 Å². The molecule has 0 amide bonds. The van der Waals surface area contributed by atoms with Crippen LogP contribution < -0.4 is 0 Å². The molecule has 5 heteroatoms. The minimum Gasteiger partial charge on any atom is -0.300 e. The monoisotopic (exact) mass is 372 g/mol. The minimum absolute atomic E-state index is 0.138. The highest BCUT2D eigenvalue weighted by Gasteiger charge is 2.42. The Hall–Kier alpha value is -1.48. The van der Waals surface area contributed by atoms with Gasteiger partial charge in [0.1, 0.15) is 0 Å². The molecule has 0 saturated heterocycles. The molecule has 2 fully saturated rings. The third-order valence-electron chi connectivity index (χ3n) is 5.45. The molecule has 0 spiro atoms. The first-order valence-electron chi connectivity index (χ1n) is 9.65. The molecule has 138 valence electrons. The molecule has 2 aromatic carbocycles. The van der Waals surface area contributed by atoms with Gasteiger partial charge in [-0.3, -0.25) is 18.4 Å². The molecular formula is C21H25O4P. The number of benzene rings is 2. The van der Waals surface area contributed by atoms with Crippen LogP contribution in [0.25, 0.3) is 10.8 Å². The molecule has 4 nitrogen and oxygen atoms in total. The van der Waals surface area contributed by atoms with Gasteiger partial charge in [-0.1, -0.05) is 68.1 Å². The van der Waals surface area contributed by atoms with E-state index in [1.165, 1.54) is 0 Å². The summed E-state index contributed by atoms with van der Waals surface area (Å²) < 4.78 is 25.5. The Morgan fingerprint density at radius 1 is 0.808 bits per heavy atom. The summed E-state index contributed by atoms with van der Waals surface area (Å²) in [5, 5.41) is 1.75. The summed E-state index contributed by atoms with van der Waals surface area (Å²) in [5.74, 6) is 0. The van der Waals surface area contributed by atoms with Crippen molar-refractivity contribution in [2.24, 2.45) is 0 Å². The van der Waals surface area contributed by atoms with E-state index in [2.05, 4.69) is 0 Å². The molecule has 2 aromatic rings. The van der Waals surface area contributed by atoms with Gasteiger partial charge in [-0.05, 0) is 36.5 Å². The summed E-state index contributed by atoms with van der Waals surface area (Å²) in [6.07, 6.45) is 7.33. The first-order valence-corrected chi connectivity index (χ1v) is 11.2. The summed E-state index contributed by atoms with van der Waals surface area (Å²) in [6, 6.07) is 13.2. The summed E-state index contributed by atoms with van der Waals surface area (Å²) >= 11 is 0. The van der Waals surface area contributed by atoms with Gasteiger partial charge in [0.25, 0.3) is 5.52 Å². The van der Waals surface area contributed by atoms with E-state index in [0.29, 0.717) is 5.56 Å². The molecular weight excluding hydrogens is 347 g/mol. The Bertz CT molecular complexity index is 808. The van der Waals surface area contributed by atoms with Crippen molar-refractivity contribution in [3.05, 3.63) is 48.0 Å². The molecule has 2 saturated carbocycles. The van der Waals surface area contributed by atoms with Crippen molar-refractivity contribution < 1.29 is 18.4 Å². The molecule has 0 heterocycles. The second-order valence-electron chi connectivity index (χ2n) is 7.35. The van der Waals surface area contributed by atoms with Crippen LogP contribution in [0.15, 0.2) is 42.5 Å². The van der Waals surface area contributed by atoms with Crippen LogP contribution in [0, 0.1) is 0 Å². The standard InChI is InChI=1S/C21H25O4P/c22-21(20-15-7-9-16-8-1-6-14-19(16)20)26(23,24-17-10-2-3-11-17)25-18-12-4-5-13-18/h1,6-9,14-15,17-18H,2-5,10-13H2. The molecule has 0 radical (unpaired) electrons. The van der Waals surface area contributed by atoms with Crippen molar-refractivity contribution in [2.75, 3.05) is 0 Å². The van der Waals surface area contributed by atoms with E-state index in [1.807, 2.05) is 36.4 Å². The van der Waals surface area contributed by atoms with Crippen LogP contribution >= 0.6 is 7.60 Å². The zero-order valence-corrected chi connectivity index (χ0v) is 15.8. The molecule has 0 N–H and O–H groups in total.